The number of alkyl halides is 2. The van der Waals surface area contributed by atoms with Gasteiger partial charge < -0.3 is 14.6 Å². The second-order valence-electron chi connectivity index (χ2n) is 4.66. The molecule has 2 heterocycles. The summed E-state index contributed by atoms with van der Waals surface area (Å²) in [5.74, 6) is -3.49. The number of ether oxygens (including phenoxy) is 1. The van der Waals surface area contributed by atoms with Gasteiger partial charge >= 0.3 is 5.97 Å². The molecule has 20 heavy (non-hydrogen) atoms. The SMILES string of the molecule is CCOC(=O)c1c(C#N)ccn1[C@H]1CNCC(F)(F)C1. The van der Waals surface area contributed by atoms with Crippen molar-refractivity contribution in [3.63, 3.8) is 0 Å². The fourth-order valence-electron chi connectivity index (χ4n) is 2.36. The van der Waals surface area contributed by atoms with Crippen molar-refractivity contribution >= 4 is 5.97 Å². The maximum Gasteiger partial charge on any atom is 0.356 e. The third kappa shape index (κ3) is 2.80. The van der Waals surface area contributed by atoms with Crippen molar-refractivity contribution in [1.29, 1.82) is 5.26 Å². The number of aromatic nitrogens is 1. The molecule has 0 aliphatic carbocycles. The first-order valence-electron chi connectivity index (χ1n) is 6.35. The topological polar surface area (TPSA) is 67.0 Å². The molecule has 1 aliphatic heterocycles. The predicted molar refractivity (Wildman–Crippen MR) is 66.6 cm³/mol. The van der Waals surface area contributed by atoms with Gasteiger partial charge in [-0.25, -0.2) is 13.6 Å². The smallest absolute Gasteiger partial charge is 0.356 e. The average Bonchev–Trinajstić information content (AvgIpc) is 2.81. The van der Waals surface area contributed by atoms with Crippen LogP contribution in [0.5, 0.6) is 0 Å². The summed E-state index contributed by atoms with van der Waals surface area (Å²) >= 11 is 0. The standard InChI is InChI=1S/C13H15F2N3O2/c1-2-20-12(19)11-9(6-16)3-4-18(11)10-5-13(14,15)8-17-7-10/h3-4,10,17H,2,5,7-8H2,1H3/t10-/m1/s1. The molecule has 0 bridgehead atoms. The maximum absolute atomic E-state index is 13.5. The maximum atomic E-state index is 13.5. The zero-order valence-electron chi connectivity index (χ0n) is 11.0. The van der Waals surface area contributed by atoms with Crippen LogP contribution in [0.4, 0.5) is 8.78 Å². The Balaban J connectivity index is 2.35. The van der Waals surface area contributed by atoms with E-state index in [2.05, 4.69) is 5.32 Å². The van der Waals surface area contributed by atoms with Gasteiger partial charge in [0.25, 0.3) is 5.92 Å². The molecule has 0 aromatic carbocycles. The molecule has 1 fully saturated rings. The summed E-state index contributed by atoms with van der Waals surface area (Å²) < 4.78 is 33.2. The van der Waals surface area contributed by atoms with Gasteiger partial charge in [0.1, 0.15) is 11.8 Å². The van der Waals surface area contributed by atoms with Crippen LogP contribution in [0.3, 0.4) is 0 Å². The number of esters is 1. The monoisotopic (exact) mass is 283 g/mol. The Morgan fingerprint density at radius 3 is 3.05 bits per heavy atom. The summed E-state index contributed by atoms with van der Waals surface area (Å²) in [4.78, 5) is 11.9. The van der Waals surface area contributed by atoms with Gasteiger partial charge in [-0.3, -0.25) is 0 Å². The number of piperidine rings is 1. The molecule has 0 saturated carbocycles. The van der Waals surface area contributed by atoms with E-state index in [1.807, 2.05) is 6.07 Å². The number of nitrogens with one attached hydrogen (secondary N) is 1. The van der Waals surface area contributed by atoms with Crippen LogP contribution in [0.2, 0.25) is 0 Å². The van der Waals surface area contributed by atoms with Gasteiger partial charge in [-0.05, 0) is 13.0 Å². The van der Waals surface area contributed by atoms with Gasteiger partial charge in [0.2, 0.25) is 0 Å². The van der Waals surface area contributed by atoms with Crippen molar-refractivity contribution in [2.24, 2.45) is 0 Å². The van der Waals surface area contributed by atoms with Gasteiger partial charge in [0.15, 0.2) is 0 Å². The highest BCUT2D eigenvalue weighted by Gasteiger charge is 2.38. The molecule has 2 rings (SSSR count). The first-order valence-corrected chi connectivity index (χ1v) is 6.35. The minimum Gasteiger partial charge on any atom is -0.461 e. The average molecular weight is 283 g/mol. The molecule has 1 atom stereocenters. The lowest BCUT2D eigenvalue weighted by Gasteiger charge is -2.31. The van der Waals surface area contributed by atoms with Gasteiger partial charge in [-0.2, -0.15) is 5.26 Å². The zero-order valence-corrected chi connectivity index (χ0v) is 11.0. The minimum atomic E-state index is -2.83. The van der Waals surface area contributed by atoms with Crippen LogP contribution < -0.4 is 5.32 Å². The Labute approximate surface area is 115 Å². The summed E-state index contributed by atoms with van der Waals surface area (Å²) in [5.41, 5.74) is 0.177. The normalized spacial score (nSPS) is 21.2. The second-order valence-corrected chi connectivity index (χ2v) is 4.66. The summed E-state index contributed by atoms with van der Waals surface area (Å²) in [6.45, 7) is 1.76. The lowest BCUT2D eigenvalue weighted by Crippen LogP contribution is -2.45. The Morgan fingerprint density at radius 2 is 2.45 bits per heavy atom. The summed E-state index contributed by atoms with van der Waals surface area (Å²) in [6.07, 6.45) is 1.12. The highest BCUT2D eigenvalue weighted by atomic mass is 19.3. The fraction of sp³-hybridized carbons (Fsp3) is 0.538. The van der Waals surface area contributed by atoms with Crippen molar-refractivity contribution < 1.29 is 18.3 Å². The van der Waals surface area contributed by atoms with Gasteiger partial charge in [-0.15, -0.1) is 0 Å². The third-order valence-corrected chi connectivity index (χ3v) is 3.20. The number of carbonyl (C=O) groups excluding carboxylic acids is 1. The van der Waals surface area contributed by atoms with E-state index in [1.165, 1.54) is 16.8 Å². The van der Waals surface area contributed by atoms with Crippen LogP contribution >= 0.6 is 0 Å². The van der Waals surface area contributed by atoms with E-state index in [0.29, 0.717) is 6.54 Å². The van der Waals surface area contributed by atoms with E-state index < -0.39 is 17.9 Å². The molecule has 1 N–H and O–H groups in total. The van der Waals surface area contributed by atoms with E-state index in [-0.39, 0.29) is 30.8 Å². The van der Waals surface area contributed by atoms with Crippen molar-refractivity contribution in [3.05, 3.63) is 23.5 Å². The molecular formula is C13H15F2N3O2. The number of carbonyl (C=O) groups is 1. The minimum absolute atomic E-state index is 0.0406. The molecule has 5 nitrogen and oxygen atoms in total. The molecular weight excluding hydrogens is 268 g/mol. The Kier molecular flexibility index (Phi) is 4.04. The van der Waals surface area contributed by atoms with Gasteiger partial charge in [0, 0.05) is 19.2 Å². The van der Waals surface area contributed by atoms with Crippen LogP contribution in [-0.2, 0) is 4.74 Å². The molecule has 0 spiro atoms. The number of hydrogen-bond acceptors (Lipinski definition) is 4. The number of nitrogens with zero attached hydrogens (tertiary/aromatic N) is 2. The molecule has 1 aromatic rings. The number of halogens is 2. The molecule has 0 unspecified atom stereocenters. The molecule has 0 radical (unpaired) electrons. The van der Waals surface area contributed by atoms with Crippen LogP contribution in [0, 0.1) is 11.3 Å². The highest BCUT2D eigenvalue weighted by Crippen LogP contribution is 2.31. The summed E-state index contributed by atoms with van der Waals surface area (Å²) in [6, 6.07) is 2.75. The highest BCUT2D eigenvalue weighted by molar-refractivity contribution is 5.90. The Hall–Kier alpha value is -1.94. The molecule has 7 heteroatoms. The quantitative estimate of drug-likeness (QED) is 0.857. The van der Waals surface area contributed by atoms with E-state index in [9.17, 15) is 13.6 Å². The van der Waals surface area contributed by atoms with Crippen molar-refractivity contribution in [3.8, 4) is 6.07 Å². The number of hydrogen-bond donors (Lipinski definition) is 1. The number of nitriles is 1. The summed E-state index contributed by atoms with van der Waals surface area (Å²) in [7, 11) is 0. The van der Waals surface area contributed by atoms with Crippen molar-refractivity contribution in [2.75, 3.05) is 19.7 Å². The van der Waals surface area contributed by atoms with Gasteiger partial charge in [-0.1, -0.05) is 0 Å². The Bertz CT molecular complexity index is 548. The third-order valence-electron chi connectivity index (χ3n) is 3.20. The van der Waals surface area contributed by atoms with E-state index >= 15 is 0 Å². The number of rotatable bonds is 3. The molecule has 0 amide bonds. The fourth-order valence-corrected chi connectivity index (χ4v) is 2.36. The molecule has 1 aromatic heterocycles. The van der Waals surface area contributed by atoms with Gasteiger partial charge in [0.05, 0.1) is 24.8 Å². The molecule has 1 saturated heterocycles. The molecule has 1 aliphatic rings. The van der Waals surface area contributed by atoms with Crippen LogP contribution in [0.25, 0.3) is 0 Å². The van der Waals surface area contributed by atoms with Crippen LogP contribution in [0.15, 0.2) is 12.3 Å². The van der Waals surface area contributed by atoms with Crippen molar-refractivity contribution in [1.82, 2.24) is 9.88 Å². The van der Waals surface area contributed by atoms with Crippen LogP contribution in [-0.4, -0.2) is 36.2 Å². The zero-order chi connectivity index (χ0) is 14.8. The Morgan fingerprint density at radius 1 is 1.70 bits per heavy atom. The lowest BCUT2D eigenvalue weighted by atomic mass is 10.0. The largest absolute Gasteiger partial charge is 0.461 e. The van der Waals surface area contributed by atoms with Crippen LogP contribution in [0.1, 0.15) is 35.4 Å². The lowest BCUT2D eigenvalue weighted by molar-refractivity contribution is -0.0370. The predicted octanol–water partition coefficient (Wildman–Crippen LogP) is 1.71. The molecule has 108 valence electrons. The van der Waals surface area contributed by atoms with E-state index in [4.69, 9.17) is 10.00 Å². The first-order chi connectivity index (χ1) is 9.48. The second kappa shape index (κ2) is 5.59. The summed E-state index contributed by atoms with van der Waals surface area (Å²) in [5, 5.41) is 11.7. The first kappa shape index (κ1) is 14.5. The van der Waals surface area contributed by atoms with Crippen molar-refractivity contribution in [2.45, 2.75) is 25.3 Å². The van der Waals surface area contributed by atoms with E-state index in [1.54, 1.807) is 6.92 Å². The van der Waals surface area contributed by atoms with E-state index in [0.717, 1.165) is 0 Å².